The highest BCUT2D eigenvalue weighted by Crippen LogP contribution is 2.05. The maximum absolute atomic E-state index is 11.7. The van der Waals surface area contributed by atoms with E-state index in [0.717, 1.165) is 0 Å². The summed E-state index contributed by atoms with van der Waals surface area (Å²) in [6.07, 6.45) is 0.645. The summed E-state index contributed by atoms with van der Waals surface area (Å²) in [7, 11) is 0. The first-order chi connectivity index (χ1) is 9.91. The first-order valence-corrected chi connectivity index (χ1v) is 7.68. The van der Waals surface area contributed by atoms with E-state index < -0.39 is 12.0 Å². The minimum Gasteiger partial charge on any atom is -0.480 e. The molecular weight excluding hydrogens is 292 g/mol. The van der Waals surface area contributed by atoms with Gasteiger partial charge < -0.3 is 15.7 Å². The zero-order valence-corrected chi connectivity index (χ0v) is 12.9. The molecule has 116 valence electrons. The van der Waals surface area contributed by atoms with Crippen molar-refractivity contribution >= 4 is 29.1 Å². The fourth-order valence-corrected chi connectivity index (χ4v) is 2.34. The molecular formula is C14H20N2O4S. The summed E-state index contributed by atoms with van der Waals surface area (Å²) in [6, 6.07) is 0.852. The summed E-state index contributed by atoms with van der Waals surface area (Å²) >= 11 is 1.44. The lowest BCUT2D eigenvalue weighted by molar-refractivity contribution is -0.143. The number of hydrogen-bond acceptors (Lipinski definition) is 4. The third-order valence-corrected chi connectivity index (χ3v) is 3.58. The third kappa shape index (κ3) is 5.95. The summed E-state index contributed by atoms with van der Waals surface area (Å²) in [5.41, 5.74) is 0.607. The van der Waals surface area contributed by atoms with Crippen LogP contribution in [-0.2, 0) is 9.59 Å². The van der Waals surface area contributed by atoms with Gasteiger partial charge in [0.1, 0.15) is 6.04 Å². The van der Waals surface area contributed by atoms with Crippen molar-refractivity contribution in [3.63, 3.8) is 0 Å². The normalized spacial score (nSPS) is 12.0. The van der Waals surface area contributed by atoms with Crippen LogP contribution in [0.2, 0.25) is 0 Å². The molecule has 0 aliphatic rings. The van der Waals surface area contributed by atoms with Crippen LogP contribution in [0.5, 0.6) is 0 Å². The molecule has 0 aromatic carbocycles. The van der Waals surface area contributed by atoms with E-state index in [1.807, 2.05) is 5.38 Å². The van der Waals surface area contributed by atoms with Crippen LogP contribution in [0.25, 0.3) is 0 Å². The van der Waals surface area contributed by atoms with Gasteiger partial charge in [0.2, 0.25) is 5.91 Å². The van der Waals surface area contributed by atoms with E-state index in [1.165, 1.54) is 11.3 Å². The van der Waals surface area contributed by atoms with Crippen molar-refractivity contribution in [2.75, 3.05) is 6.54 Å². The molecule has 1 atom stereocenters. The van der Waals surface area contributed by atoms with Crippen LogP contribution in [0.4, 0.5) is 0 Å². The Hall–Kier alpha value is -1.89. The standard InChI is InChI=1S/C14H20N2O4S/c1-9(2)12(14(19)20)16-11(17)4-3-6-15-13(18)10-5-7-21-8-10/h5,7-9,12H,3-4,6H2,1-2H3,(H,15,18)(H,16,17)(H,19,20)/t12-/m1/s1. The van der Waals surface area contributed by atoms with E-state index in [1.54, 1.807) is 25.3 Å². The number of carboxylic acid groups (broad SMARTS) is 1. The minimum absolute atomic E-state index is 0.165. The molecule has 7 heteroatoms. The molecule has 1 aromatic heterocycles. The summed E-state index contributed by atoms with van der Waals surface area (Å²) in [4.78, 5) is 34.2. The first-order valence-electron chi connectivity index (χ1n) is 6.74. The Morgan fingerprint density at radius 3 is 2.57 bits per heavy atom. The number of carbonyl (C=O) groups excluding carboxylic acids is 2. The second-order valence-corrected chi connectivity index (χ2v) is 5.78. The summed E-state index contributed by atoms with van der Waals surface area (Å²) < 4.78 is 0. The second kappa shape index (κ2) is 8.41. The van der Waals surface area contributed by atoms with Crippen LogP contribution in [0, 0.1) is 5.92 Å². The Labute approximate surface area is 127 Å². The van der Waals surface area contributed by atoms with Crippen molar-refractivity contribution in [1.82, 2.24) is 10.6 Å². The molecule has 0 fully saturated rings. The smallest absolute Gasteiger partial charge is 0.326 e. The number of carboxylic acids is 1. The lowest BCUT2D eigenvalue weighted by Gasteiger charge is -2.17. The Morgan fingerprint density at radius 1 is 1.33 bits per heavy atom. The van der Waals surface area contributed by atoms with E-state index in [-0.39, 0.29) is 24.2 Å². The molecule has 0 spiro atoms. The molecule has 0 unspecified atom stereocenters. The predicted molar refractivity (Wildman–Crippen MR) is 80.3 cm³/mol. The molecule has 0 radical (unpaired) electrons. The Kier molecular flexibility index (Phi) is 6.87. The molecule has 1 heterocycles. The quantitative estimate of drug-likeness (QED) is 0.634. The van der Waals surface area contributed by atoms with Gasteiger partial charge in [0, 0.05) is 23.9 Å². The number of thiophene rings is 1. The minimum atomic E-state index is -1.04. The van der Waals surface area contributed by atoms with Crippen molar-refractivity contribution < 1.29 is 19.5 Å². The van der Waals surface area contributed by atoms with Gasteiger partial charge in [-0.25, -0.2) is 4.79 Å². The van der Waals surface area contributed by atoms with Gasteiger partial charge in [-0.15, -0.1) is 0 Å². The number of amides is 2. The van der Waals surface area contributed by atoms with Crippen LogP contribution in [0.3, 0.4) is 0 Å². The molecule has 1 rings (SSSR count). The molecule has 3 N–H and O–H groups in total. The Morgan fingerprint density at radius 2 is 2.05 bits per heavy atom. The van der Waals surface area contributed by atoms with E-state index in [2.05, 4.69) is 10.6 Å². The number of nitrogens with one attached hydrogen (secondary N) is 2. The van der Waals surface area contributed by atoms with Gasteiger partial charge in [0.15, 0.2) is 0 Å². The van der Waals surface area contributed by atoms with Gasteiger partial charge >= 0.3 is 5.97 Å². The molecule has 2 amide bonds. The van der Waals surface area contributed by atoms with Crippen LogP contribution in [-0.4, -0.2) is 35.5 Å². The fraction of sp³-hybridized carbons (Fsp3) is 0.500. The number of carbonyl (C=O) groups is 3. The molecule has 0 saturated carbocycles. The molecule has 1 aromatic rings. The van der Waals surface area contributed by atoms with Crippen LogP contribution >= 0.6 is 11.3 Å². The van der Waals surface area contributed by atoms with E-state index in [9.17, 15) is 14.4 Å². The zero-order chi connectivity index (χ0) is 15.8. The largest absolute Gasteiger partial charge is 0.480 e. The molecule has 0 saturated heterocycles. The van der Waals surface area contributed by atoms with Gasteiger partial charge in [0.25, 0.3) is 5.91 Å². The average molecular weight is 312 g/mol. The van der Waals surface area contributed by atoms with Gasteiger partial charge in [-0.1, -0.05) is 13.8 Å². The molecule has 21 heavy (non-hydrogen) atoms. The van der Waals surface area contributed by atoms with E-state index in [4.69, 9.17) is 5.11 Å². The monoisotopic (exact) mass is 312 g/mol. The molecule has 0 aliphatic carbocycles. The number of hydrogen-bond donors (Lipinski definition) is 3. The lowest BCUT2D eigenvalue weighted by atomic mass is 10.0. The summed E-state index contributed by atoms with van der Waals surface area (Å²) in [5, 5.41) is 17.7. The zero-order valence-electron chi connectivity index (χ0n) is 12.1. The van der Waals surface area contributed by atoms with E-state index >= 15 is 0 Å². The molecule has 0 bridgehead atoms. The van der Waals surface area contributed by atoms with Crippen LogP contribution < -0.4 is 10.6 Å². The van der Waals surface area contributed by atoms with E-state index in [0.29, 0.717) is 18.5 Å². The Balaban J connectivity index is 2.24. The van der Waals surface area contributed by atoms with Gasteiger partial charge in [-0.3, -0.25) is 9.59 Å². The lowest BCUT2D eigenvalue weighted by Crippen LogP contribution is -2.44. The first kappa shape index (κ1) is 17.2. The number of rotatable bonds is 8. The fourth-order valence-electron chi connectivity index (χ4n) is 1.71. The average Bonchev–Trinajstić information content (AvgIpc) is 2.94. The van der Waals surface area contributed by atoms with Crippen molar-refractivity contribution in [3.8, 4) is 0 Å². The Bertz CT molecular complexity index is 485. The molecule has 6 nitrogen and oxygen atoms in total. The highest BCUT2D eigenvalue weighted by molar-refractivity contribution is 7.08. The third-order valence-electron chi connectivity index (χ3n) is 2.90. The van der Waals surface area contributed by atoms with Crippen molar-refractivity contribution in [3.05, 3.63) is 22.4 Å². The SMILES string of the molecule is CC(C)[C@@H](NC(=O)CCCNC(=O)c1ccsc1)C(=O)O. The predicted octanol–water partition coefficient (Wildman–Crippen LogP) is 1.48. The highest BCUT2D eigenvalue weighted by Gasteiger charge is 2.22. The van der Waals surface area contributed by atoms with Crippen LogP contribution in [0.15, 0.2) is 16.8 Å². The maximum atomic E-state index is 11.7. The van der Waals surface area contributed by atoms with Crippen molar-refractivity contribution in [1.29, 1.82) is 0 Å². The maximum Gasteiger partial charge on any atom is 0.326 e. The summed E-state index contributed by atoms with van der Waals surface area (Å²) in [6.45, 7) is 3.85. The number of aliphatic carboxylic acids is 1. The second-order valence-electron chi connectivity index (χ2n) is 5.00. The summed E-state index contributed by atoms with van der Waals surface area (Å²) in [5.74, 6) is -1.70. The van der Waals surface area contributed by atoms with Crippen LogP contribution in [0.1, 0.15) is 37.0 Å². The topological polar surface area (TPSA) is 95.5 Å². The van der Waals surface area contributed by atoms with Gasteiger partial charge in [-0.2, -0.15) is 11.3 Å². The van der Waals surface area contributed by atoms with Gasteiger partial charge in [-0.05, 0) is 23.8 Å². The highest BCUT2D eigenvalue weighted by atomic mass is 32.1. The van der Waals surface area contributed by atoms with Crippen molar-refractivity contribution in [2.45, 2.75) is 32.7 Å². The van der Waals surface area contributed by atoms with Crippen molar-refractivity contribution in [2.24, 2.45) is 5.92 Å². The van der Waals surface area contributed by atoms with Gasteiger partial charge in [0.05, 0.1) is 0 Å². The molecule has 0 aliphatic heterocycles.